The summed E-state index contributed by atoms with van der Waals surface area (Å²) in [5, 5.41) is 13.7. The number of carbonyl (C=O) groups is 1. The number of nitrogens with one attached hydrogen (secondary N) is 2. The van der Waals surface area contributed by atoms with Gasteiger partial charge in [0.1, 0.15) is 0 Å². The van der Waals surface area contributed by atoms with Gasteiger partial charge in [-0.3, -0.25) is 4.79 Å². The van der Waals surface area contributed by atoms with Crippen molar-refractivity contribution in [3.8, 4) is 0 Å². The standard InChI is InChI=1S/C14H16N2O2/c1-8-12(9-4-2-3-5-11(9)16-8)13-10(14(17)18)6-7-15-13/h2-5,10,13,15-16H,6-7H2,1H3,(H,17,18)/t10-,13-/m0/s1. The van der Waals surface area contributed by atoms with Gasteiger partial charge < -0.3 is 15.4 Å². The summed E-state index contributed by atoms with van der Waals surface area (Å²) in [7, 11) is 0. The van der Waals surface area contributed by atoms with Crippen molar-refractivity contribution < 1.29 is 9.90 Å². The molecule has 1 saturated heterocycles. The summed E-state index contributed by atoms with van der Waals surface area (Å²) in [6.45, 7) is 2.77. The van der Waals surface area contributed by atoms with Gasteiger partial charge in [0.25, 0.3) is 0 Å². The molecule has 4 nitrogen and oxygen atoms in total. The normalized spacial score (nSPS) is 23.6. The van der Waals surface area contributed by atoms with Crippen LogP contribution in [0.4, 0.5) is 0 Å². The predicted molar refractivity (Wildman–Crippen MR) is 69.5 cm³/mol. The fraction of sp³-hybridized carbons (Fsp3) is 0.357. The number of H-pyrrole nitrogens is 1. The first-order valence-electron chi connectivity index (χ1n) is 6.22. The number of carboxylic acids is 1. The minimum Gasteiger partial charge on any atom is -0.481 e. The van der Waals surface area contributed by atoms with Gasteiger partial charge in [-0.2, -0.15) is 0 Å². The van der Waals surface area contributed by atoms with E-state index in [4.69, 9.17) is 0 Å². The van der Waals surface area contributed by atoms with Gasteiger partial charge in [-0.05, 0) is 31.5 Å². The lowest BCUT2D eigenvalue weighted by Gasteiger charge is -2.16. The average molecular weight is 244 g/mol. The Kier molecular flexibility index (Phi) is 2.59. The molecule has 2 heterocycles. The van der Waals surface area contributed by atoms with E-state index in [1.807, 2.05) is 31.2 Å². The van der Waals surface area contributed by atoms with Gasteiger partial charge >= 0.3 is 5.97 Å². The molecule has 0 saturated carbocycles. The molecule has 0 amide bonds. The highest BCUT2D eigenvalue weighted by Crippen LogP contribution is 2.36. The van der Waals surface area contributed by atoms with E-state index in [0.29, 0.717) is 6.42 Å². The van der Waals surface area contributed by atoms with E-state index in [1.165, 1.54) is 0 Å². The Hall–Kier alpha value is -1.81. The van der Waals surface area contributed by atoms with E-state index in [-0.39, 0.29) is 12.0 Å². The number of aliphatic carboxylic acids is 1. The van der Waals surface area contributed by atoms with Crippen molar-refractivity contribution in [2.24, 2.45) is 5.92 Å². The second kappa shape index (κ2) is 4.14. The van der Waals surface area contributed by atoms with Crippen LogP contribution in [0, 0.1) is 12.8 Å². The van der Waals surface area contributed by atoms with E-state index >= 15 is 0 Å². The molecule has 0 unspecified atom stereocenters. The molecule has 3 rings (SSSR count). The van der Waals surface area contributed by atoms with Crippen LogP contribution < -0.4 is 5.32 Å². The zero-order valence-electron chi connectivity index (χ0n) is 10.2. The number of rotatable bonds is 2. The number of hydrogen-bond acceptors (Lipinski definition) is 2. The van der Waals surface area contributed by atoms with Gasteiger partial charge in [0.2, 0.25) is 0 Å². The molecule has 94 valence electrons. The van der Waals surface area contributed by atoms with Crippen molar-refractivity contribution in [1.82, 2.24) is 10.3 Å². The minimum atomic E-state index is -0.713. The number of benzene rings is 1. The maximum atomic E-state index is 11.3. The Labute approximate surface area is 105 Å². The number of carboxylic acid groups (broad SMARTS) is 1. The zero-order valence-corrected chi connectivity index (χ0v) is 10.2. The summed E-state index contributed by atoms with van der Waals surface area (Å²) in [6, 6.07) is 7.96. The molecule has 3 N–H and O–H groups in total. The lowest BCUT2D eigenvalue weighted by Crippen LogP contribution is -2.23. The molecule has 0 aliphatic carbocycles. The first-order valence-corrected chi connectivity index (χ1v) is 6.22. The fourth-order valence-electron chi connectivity index (χ4n) is 2.97. The van der Waals surface area contributed by atoms with Gasteiger partial charge in [0, 0.05) is 22.6 Å². The Morgan fingerprint density at radius 1 is 1.39 bits per heavy atom. The largest absolute Gasteiger partial charge is 0.481 e. The third kappa shape index (κ3) is 1.61. The summed E-state index contributed by atoms with van der Waals surface area (Å²) >= 11 is 0. The molecule has 0 spiro atoms. The Balaban J connectivity index is 2.13. The Morgan fingerprint density at radius 2 is 2.17 bits per heavy atom. The van der Waals surface area contributed by atoms with Gasteiger partial charge in [-0.15, -0.1) is 0 Å². The highest BCUT2D eigenvalue weighted by atomic mass is 16.4. The third-order valence-electron chi connectivity index (χ3n) is 3.79. The molecule has 1 aromatic heterocycles. The molecule has 1 aliphatic heterocycles. The number of aryl methyl sites for hydroxylation is 1. The molecule has 0 bridgehead atoms. The molecular formula is C14H16N2O2. The number of aromatic nitrogens is 1. The minimum absolute atomic E-state index is 0.0846. The number of para-hydroxylation sites is 1. The topological polar surface area (TPSA) is 65.1 Å². The van der Waals surface area contributed by atoms with E-state index < -0.39 is 5.97 Å². The second-order valence-corrected chi connectivity index (χ2v) is 4.87. The van der Waals surface area contributed by atoms with Crippen molar-refractivity contribution in [2.45, 2.75) is 19.4 Å². The van der Waals surface area contributed by atoms with Crippen LogP contribution in [-0.2, 0) is 4.79 Å². The number of aromatic amines is 1. The van der Waals surface area contributed by atoms with Crippen LogP contribution in [0.1, 0.15) is 23.7 Å². The molecule has 1 fully saturated rings. The summed E-state index contributed by atoms with van der Waals surface area (Å²) in [6.07, 6.45) is 0.693. The monoisotopic (exact) mass is 244 g/mol. The van der Waals surface area contributed by atoms with Crippen molar-refractivity contribution in [2.75, 3.05) is 6.54 Å². The van der Waals surface area contributed by atoms with E-state index in [0.717, 1.165) is 28.7 Å². The fourth-order valence-corrected chi connectivity index (χ4v) is 2.97. The van der Waals surface area contributed by atoms with Crippen molar-refractivity contribution >= 4 is 16.9 Å². The van der Waals surface area contributed by atoms with Gasteiger partial charge in [0.05, 0.1) is 5.92 Å². The molecule has 18 heavy (non-hydrogen) atoms. The average Bonchev–Trinajstić information content (AvgIpc) is 2.91. The quantitative estimate of drug-likeness (QED) is 0.759. The smallest absolute Gasteiger partial charge is 0.308 e. The summed E-state index contributed by atoms with van der Waals surface area (Å²) in [4.78, 5) is 14.6. The predicted octanol–water partition coefficient (Wildman–Crippen LogP) is 2.21. The molecule has 1 aromatic carbocycles. The van der Waals surface area contributed by atoms with Crippen molar-refractivity contribution in [3.63, 3.8) is 0 Å². The third-order valence-corrected chi connectivity index (χ3v) is 3.79. The van der Waals surface area contributed by atoms with Crippen LogP contribution in [0.25, 0.3) is 10.9 Å². The lowest BCUT2D eigenvalue weighted by atomic mass is 9.92. The Bertz CT molecular complexity index is 603. The van der Waals surface area contributed by atoms with Crippen LogP contribution >= 0.6 is 0 Å². The van der Waals surface area contributed by atoms with E-state index in [9.17, 15) is 9.90 Å². The molecule has 2 aromatic rings. The van der Waals surface area contributed by atoms with Crippen LogP contribution in [-0.4, -0.2) is 22.6 Å². The molecule has 1 aliphatic rings. The van der Waals surface area contributed by atoms with Crippen LogP contribution in [0.3, 0.4) is 0 Å². The van der Waals surface area contributed by atoms with Gasteiger partial charge in [-0.25, -0.2) is 0 Å². The zero-order chi connectivity index (χ0) is 12.7. The molecule has 0 radical (unpaired) electrons. The van der Waals surface area contributed by atoms with Gasteiger partial charge in [-0.1, -0.05) is 18.2 Å². The maximum absolute atomic E-state index is 11.3. The van der Waals surface area contributed by atoms with Crippen LogP contribution in [0.2, 0.25) is 0 Å². The summed E-state index contributed by atoms with van der Waals surface area (Å²) in [5.41, 5.74) is 3.24. The van der Waals surface area contributed by atoms with Gasteiger partial charge in [0.15, 0.2) is 0 Å². The first-order chi connectivity index (χ1) is 8.68. The molecule has 4 heteroatoms. The molecule has 2 atom stereocenters. The SMILES string of the molecule is Cc1[nH]c2ccccc2c1[C@H]1NCC[C@@H]1C(=O)O. The number of fused-ring (bicyclic) bond motifs is 1. The summed E-state index contributed by atoms with van der Waals surface area (Å²) < 4.78 is 0. The lowest BCUT2D eigenvalue weighted by molar-refractivity contribution is -0.142. The first kappa shape index (κ1) is 11.3. The Morgan fingerprint density at radius 3 is 2.94 bits per heavy atom. The van der Waals surface area contributed by atoms with Crippen LogP contribution in [0.5, 0.6) is 0 Å². The van der Waals surface area contributed by atoms with Crippen molar-refractivity contribution in [3.05, 3.63) is 35.5 Å². The van der Waals surface area contributed by atoms with E-state index in [1.54, 1.807) is 0 Å². The van der Waals surface area contributed by atoms with Crippen LogP contribution in [0.15, 0.2) is 24.3 Å². The highest BCUT2D eigenvalue weighted by Gasteiger charge is 2.35. The maximum Gasteiger partial charge on any atom is 0.308 e. The number of hydrogen-bond donors (Lipinski definition) is 3. The van der Waals surface area contributed by atoms with Crippen molar-refractivity contribution in [1.29, 1.82) is 0 Å². The highest BCUT2D eigenvalue weighted by molar-refractivity contribution is 5.86. The molecular weight excluding hydrogens is 228 g/mol. The summed E-state index contributed by atoms with van der Waals surface area (Å²) in [5.74, 6) is -1.04. The second-order valence-electron chi connectivity index (χ2n) is 4.87. The van der Waals surface area contributed by atoms with E-state index in [2.05, 4.69) is 10.3 Å².